The van der Waals surface area contributed by atoms with Crippen LogP contribution in [0.4, 0.5) is 18.9 Å². The fourth-order valence-corrected chi connectivity index (χ4v) is 9.69. The summed E-state index contributed by atoms with van der Waals surface area (Å²) >= 11 is 0. The molecular weight excluding hydrogens is 790 g/mol. The largest absolute Gasteiger partial charge is 0.471 e. The number of methoxy groups -OCH3 is 1. The first-order valence-corrected chi connectivity index (χ1v) is 22.2. The van der Waals surface area contributed by atoms with Gasteiger partial charge in [-0.3, -0.25) is 28.9 Å². The third kappa shape index (κ3) is 12.7. The summed E-state index contributed by atoms with van der Waals surface area (Å²) in [5.74, 6) is -5.84. The van der Waals surface area contributed by atoms with Crippen molar-refractivity contribution < 1.29 is 50.3 Å². The fraction of sp³-hybridized carbons (Fsp3) is 0.698. The molecule has 2 fully saturated rings. The lowest BCUT2D eigenvalue weighted by Crippen LogP contribution is -2.51. The lowest BCUT2D eigenvalue weighted by Gasteiger charge is -2.40. The summed E-state index contributed by atoms with van der Waals surface area (Å²) in [4.78, 5) is 72.3. The minimum atomic E-state index is -5.13. The number of carbonyl (C=O) groups excluding carboxylic acids is 5. The fourth-order valence-electron chi connectivity index (χ4n) is 8.33. The highest BCUT2D eigenvalue weighted by molar-refractivity contribution is 7.92. The number of hydrogen-bond donors (Lipinski definition) is 1. The number of benzene rings is 1. The lowest BCUT2D eigenvalue weighted by atomic mass is 9.75. The summed E-state index contributed by atoms with van der Waals surface area (Å²) in [7, 11) is -1.14. The second kappa shape index (κ2) is 20.3. The molecule has 3 amide bonds. The minimum Gasteiger partial charge on any atom is -0.379 e. The maximum atomic E-state index is 14.4. The van der Waals surface area contributed by atoms with E-state index in [2.05, 4.69) is 18.7 Å². The molecule has 59 heavy (non-hydrogen) atoms. The summed E-state index contributed by atoms with van der Waals surface area (Å²) in [6.45, 7) is 18.5. The van der Waals surface area contributed by atoms with Gasteiger partial charge in [0, 0.05) is 56.3 Å². The van der Waals surface area contributed by atoms with E-state index in [1.165, 1.54) is 14.0 Å². The van der Waals surface area contributed by atoms with Gasteiger partial charge in [-0.15, -0.1) is 0 Å². The van der Waals surface area contributed by atoms with Crippen LogP contribution >= 0.6 is 0 Å². The number of piperidine rings is 1. The van der Waals surface area contributed by atoms with Gasteiger partial charge in [-0.1, -0.05) is 54.0 Å². The zero-order valence-corrected chi connectivity index (χ0v) is 37.3. The van der Waals surface area contributed by atoms with E-state index in [0.717, 1.165) is 50.1 Å². The average Bonchev–Trinajstić information content (AvgIpc) is 3.63. The third-order valence-corrected chi connectivity index (χ3v) is 13.5. The van der Waals surface area contributed by atoms with Crippen LogP contribution in [0.1, 0.15) is 101 Å². The van der Waals surface area contributed by atoms with Gasteiger partial charge in [0.05, 0.1) is 29.1 Å². The number of anilines is 1. The standard InChI is InChI=1S/C43H65F3N4O8S/c1-26(2)35(48(10)40(54)32(42(7,8)9)24-36(51)33-15-12-13-21-49(33)27(3)4)23-28(5)39(53)50-22-14-16-34(50)38(58-11)29(6)37(52)25-59(56,57)31-19-17-30(18-20-31)47-41(55)43(44,45)46/h17-20,23,26-27,29,32-35,38H,12-16,21-22,24-25H2,1-11H3,(H,47,55)/b28-23+/t29-,32+,33+,34-,35+,38+/m0/s1. The van der Waals surface area contributed by atoms with E-state index in [1.807, 2.05) is 34.6 Å². The molecule has 1 N–H and O–H groups in total. The Morgan fingerprint density at radius 2 is 1.56 bits per heavy atom. The molecule has 0 aromatic heterocycles. The predicted octanol–water partition coefficient (Wildman–Crippen LogP) is 6.49. The number of nitrogens with one attached hydrogen (secondary N) is 1. The Hall–Kier alpha value is -3.63. The smallest absolute Gasteiger partial charge is 0.379 e. The van der Waals surface area contributed by atoms with Crippen molar-refractivity contribution >= 4 is 44.8 Å². The molecule has 3 rings (SSSR count). The molecule has 0 radical (unpaired) electrons. The van der Waals surface area contributed by atoms with Crippen molar-refractivity contribution in [3.8, 4) is 0 Å². The summed E-state index contributed by atoms with van der Waals surface area (Å²) in [6, 6.07) is 2.98. The molecule has 0 aliphatic carbocycles. The molecule has 0 bridgehead atoms. The van der Waals surface area contributed by atoms with E-state index in [9.17, 15) is 45.6 Å². The zero-order valence-electron chi connectivity index (χ0n) is 36.5. The van der Waals surface area contributed by atoms with Crippen LogP contribution in [0, 0.1) is 23.2 Å². The average molecular weight is 855 g/mol. The number of ketones is 2. The van der Waals surface area contributed by atoms with Crippen LogP contribution in [0.15, 0.2) is 40.8 Å². The van der Waals surface area contributed by atoms with Crippen molar-refractivity contribution in [2.24, 2.45) is 23.2 Å². The van der Waals surface area contributed by atoms with Gasteiger partial charge in [-0.05, 0) is 88.6 Å². The van der Waals surface area contributed by atoms with E-state index in [-0.39, 0.29) is 52.6 Å². The van der Waals surface area contributed by atoms with Gasteiger partial charge in [0.1, 0.15) is 5.75 Å². The van der Waals surface area contributed by atoms with Crippen molar-refractivity contribution in [3.05, 3.63) is 35.9 Å². The highest BCUT2D eigenvalue weighted by atomic mass is 32.2. The van der Waals surface area contributed by atoms with Crippen LogP contribution in [0.25, 0.3) is 0 Å². The van der Waals surface area contributed by atoms with E-state index < -0.39 is 68.9 Å². The molecule has 0 unspecified atom stereocenters. The van der Waals surface area contributed by atoms with Crippen LogP contribution in [0.3, 0.4) is 0 Å². The van der Waals surface area contributed by atoms with E-state index in [0.29, 0.717) is 25.0 Å². The second-order valence-corrected chi connectivity index (χ2v) is 19.9. The molecule has 2 saturated heterocycles. The predicted molar refractivity (Wildman–Crippen MR) is 220 cm³/mol. The molecular formula is C43H65F3N4O8S. The van der Waals surface area contributed by atoms with Crippen LogP contribution in [-0.4, -0.2) is 122 Å². The van der Waals surface area contributed by atoms with Gasteiger partial charge in [-0.25, -0.2) is 8.42 Å². The van der Waals surface area contributed by atoms with Crippen molar-refractivity contribution in [1.82, 2.24) is 14.7 Å². The molecule has 16 heteroatoms. The van der Waals surface area contributed by atoms with Crippen molar-refractivity contribution in [2.45, 2.75) is 142 Å². The number of carbonyl (C=O) groups is 5. The van der Waals surface area contributed by atoms with Gasteiger partial charge in [-0.2, -0.15) is 13.2 Å². The summed E-state index contributed by atoms with van der Waals surface area (Å²) < 4.78 is 70.1. The van der Waals surface area contributed by atoms with Crippen LogP contribution in [0.5, 0.6) is 0 Å². The van der Waals surface area contributed by atoms with Crippen molar-refractivity contribution in [2.75, 3.05) is 38.3 Å². The van der Waals surface area contributed by atoms with Gasteiger partial charge >= 0.3 is 12.1 Å². The molecule has 2 heterocycles. The zero-order chi connectivity index (χ0) is 44.8. The Bertz CT molecular complexity index is 1810. The topological polar surface area (TPSA) is 150 Å². The monoisotopic (exact) mass is 854 g/mol. The number of rotatable bonds is 17. The molecule has 2 aliphatic rings. The molecule has 1 aromatic carbocycles. The van der Waals surface area contributed by atoms with Crippen molar-refractivity contribution in [1.29, 1.82) is 0 Å². The first kappa shape index (κ1) is 49.7. The van der Waals surface area contributed by atoms with Gasteiger partial charge in [0.15, 0.2) is 21.4 Å². The van der Waals surface area contributed by atoms with Crippen molar-refractivity contribution in [3.63, 3.8) is 0 Å². The first-order chi connectivity index (χ1) is 27.2. The Labute approximate surface area is 348 Å². The van der Waals surface area contributed by atoms with E-state index >= 15 is 0 Å². The van der Waals surface area contributed by atoms with Gasteiger partial charge in [0.25, 0.3) is 0 Å². The first-order valence-electron chi connectivity index (χ1n) is 20.5. The number of likely N-dealkylation sites (tertiary alicyclic amines) is 2. The number of Topliss-reactive ketones (excluding diaryl/α,β-unsaturated/α-hetero) is 2. The Kier molecular flexibility index (Phi) is 17.1. The molecule has 1 aromatic rings. The highest BCUT2D eigenvalue weighted by Crippen LogP contribution is 2.35. The summed E-state index contributed by atoms with van der Waals surface area (Å²) in [5, 5.41) is 1.64. The number of halogens is 3. The SMILES string of the molecule is CO[C@H]([C@@H](C)C(=O)CS(=O)(=O)c1ccc(NC(=O)C(F)(F)F)cc1)[C@@H]1CCCN1C(=O)/C(C)=C/[C@H](C(C)C)N(C)C(=O)[C@@H](CC(=O)[C@H]1CCCCN1C(C)C)C(C)(C)C. The number of alkyl halides is 3. The molecule has 2 aliphatic heterocycles. The maximum Gasteiger partial charge on any atom is 0.471 e. The molecule has 0 spiro atoms. The van der Waals surface area contributed by atoms with Crippen LogP contribution in [-0.2, 0) is 38.5 Å². The van der Waals surface area contributed by atoms with E-state index in [4.69, 9.17) is 4.74 Å². The Balaban J connectivity index is 1.77. The number of ether oxygens (including phenoxy) is 1. The third-order valence-electron chi connectivity index (χ3n) is 11.8. The molecule has 6 atom stereocenters. The van der Waals surface area contributed by atoms with E-state index in [1.54, 1.807) is 35.2 Å². The number of sulfone groups is 1. The quantitative estimate of drug-likeness (QED) is 0.174. The normalized spacial score (nSPS) is 20.6. The maximum absolute atomic E-state index is 14.4. The lowest BCUT2D eigenvalue weighted by molar-refractivity contribution is -0.167. The Morgan fingerprint density at radius 3 is 2.08 bits per heavy atom. The summed E-state index contributed by atoms with van der Waals surface area (Å²) in [5.41, 5.74) is -0.393. The number of nitrogens with zero attached hydrogens (tertiary/aromatic N) is 3. The Morgan fingerprint density at radius 1 is 0.949 bits per heavy atom. The van der Waals surface area contributed by atoms with Gasteiger partial charge in [0.2, 0.25) is 11.8 Å². The summed E-state index contributed by atoms with van der Waals surface area (Å²) in [6.07, 6.45) is -0.176. The van der Waals surface area contributed by atoms with Crippen LogP contribution in [0.2, 0.25) is 0 Å². The number of amides is 3. The molecule has 12 nitrogen and oxygen atoms in total. The second-order valence-electron chi connectivity index (χ2n) is 17.9. The van der Waals surface area contributed by atoms with Crippen LogP contribution < -0.4 is 5.32 Å². The number of likely N-dealkylation sites (N-methyl/N-ethyl adjacent to an activating group) is 1. The minimum absolute atomic E-state index is 0.0782. The molecule has 332 valence electrons. The number of hydrogen-bond acceptors (Lipinski definition) is 9. The van der Waals surface area contributed by atoms with Gasteiger partial charge < -0.3 is 19.9 Å². The molecule has 0 saturated carbocycles. The highest BCUT2D eigenvalue weighted by Gasteiger charge is 2.43.